The molecule has 0 aliphatic carbocycles. The lowest BCUT2D eigenvalue weighted by Crippen LogP contribution is -2.38. The molecule has 5 heteroatoms. The van der Waals surface area contributed by atoms with Crippen LogP contribution in [-0.2, 0) is 23.2 Å². The lowest BCUT2D eigenvalue weighted by molar-refractivity contribution is -0.129. The zero-order valence-corrected chi connectivity index (χ0v) is 16.4. The van der Waals surface area contributed by atoms with Crippen LogP contribution in [0.25, 0.3) is 0 Å². The van der Waals surface area contributed by atoms with Gasteiger partial charge in [-0.2, -0.15) is 0 Å². The van der Waals surface area contributed by atoms with Crippen LogP contribution in [0.3, 0.4) is 0 Å². The van der Waals surface area contributed by atoms with Crippen LogP contribution in [0.15, 0.2) is 73.2 Å². The highest BCUT2D eigenvalue weighted by molar-refractivity contribution is 5.79. The molecule has 1 fully saturated rings. The maximum atomic E-state index is 12.9. The van der Waals surface area contributed by atoms with Crippen LogP contribution < -0.4 is 4.90 Å². The molecule has 0 bridgehead atoms. The average Bonchev–Trinajstić information content (AvgIpc) is 3.32. The van der Waals surface area contributed by atoms with E-state index in [-0.39, 0.29) is 11.3 Å². The summed E-state index contributed by atoms with van der Waals surface area (Å²) < 4.78 is 0. The number of hydrogen-bond donors (Lipinski definition) is 0. The van der Waals surface area contributed by atoms with Crippen LogP contribution in [0, 0.1) is 0 Å². The first-order valence-corrected chi connectivity index (χ1v) is 10.1. The Hall–Kier alpha value is -3.21. The molecule has 0 N–H and O–H groups in total. The molecule has 0 radical (unpaired) electrons. The van der Waals surface area contributed by atoms with Crippen molar-refractivity contribution < 1.29 is 4.79 Å². The number of hydrogen-bond acceptors (Lipinski definition) is 4. The van der Waals surface area contributed by atoms with Crippen molar-refractivity contribution in [2.24, 2.45) is 0 Å². The predicted molar refractivity (Wildman–Crippen MR) is 113 cm³/mol. The summed E-state index contributed by atoms with van der Waals surface area (Å²) in [5.74, 6) is 0.205. The number of amides is 1. The molecule has 1 spiro atoms. The monoisotopic (exact) mass is 384 g/mol. The summed E-state index contributed by atoms with van der Waals surface area (Å²) in [5, 5.41) is 0. The van der Waals surface area contributed by atoms with Crippen molar-refractivity contribution in [1.29, 1.82) is 0 Å². The number of carbonyl (C=O) groups is 1. The van der Waals surface area contributed by atoms with E-state index in [2.05, 4.69) is 22.0 Å². The second-order valence-corrected chi connectivity index (χ2v) is 8.10. The molecule has 0 unspecified atom stereocenters. The third kappa shape index (κ3) is 3.37. The number of aromatic nitrogens is 2. The van der Waals surface area contributed by atoms with E-state index in [0.29, 0.717) is 6.42 Å². The predicted octanol–water partition coefficient (Wildman–Crippen LogP) is 3.21. The molecule has 29 heavy (non-hydrogen) atoms. The largest absolute Gasteiger partial charge is 0.365 e. The Morgan fingerprint density at radius 3 is 2.62 bits per heavy atom. The number of carbonyl (C=O) groups excluding carboxylic acids is 1. The van der Waals surface area contributed by atoms with Crippen molar-refractivity contribution >= 4 is 11.6 Å². The van der Waals surface area contributed by atoms with Gasteiger partial charge in [0.05, 0.1) is 23.2 Å². The van der Waals surface area contributed by atoms with Crippen LogP contribution in [-0.4, -0.2) is 40.4 Å². The summed E-state index contributed by atoms with van der Waals surface area (Å²) in [7, 11) is 0. The lowest BCUT2D eigenvalue weighted by atomic mass is 9.85. The maximum absolute atomic E-state index is 12.9. The smallest absolute Gasteiger partial charge is 0.227 e. The molecule has 2 aromatic heterocycles. The molecule has 5 nitrogen and oxygen atoms in total. The van der Waals surface area contributed by atoms with Gasteiger partial charge in [0.1, 0.15) is 0 Å². The Balaban J connectivity index is 1.36. The van der Waals surface area contributed by atoms with Crippen molar-refractivity contribution in [2.75, 3.05) is 24.5 Å². The Labute approximate surface area is 171 Å². The third-order valence-corrected chi connectivity index (χ3v) is 6.12. The Kier molecular flexibility index (Phi) is 4.51. The average molecular weight is 384 g/mol. The molecule has 1 atom stereocenters. The fraction of sp³-hybridized carbons (Fsp3) is 0.292. The highest BCUT2D eigenvalue weighted by Gasteiger charge is 2.49. The first-order chi connectivity index (χ1) is 14.2. The van der Waals surface area contributed by atoms with E-state index in [0.717, 1.165) is 43.9 Å². The van der Waals surface area contributed by atoms with Crippen molar-refractivity contribution in [3.63, 3.8) is 0 Å². The molecule has 0 saturated carbocycles. The summed E-state index contributed by atoms with van der Waals surface area (Å²) in [6.07, 6.45) is 7.03. The van der Waals surface area contributed by atoms with Gasteiger partial charge in [0.2, 0.25) is 5.91 Å². The summed E-state index contributed by atoms with van der Waals surface area (Å²) >= 11 is 0. The van der Waals surface area contributed by atoms with E-state index in [1.807, 2.05) is 59.8 Å². The van der Waals surface area contributed by atoms with Gasteiger partial charge < -0.3 is 9.80 Å². The first-order valence-electron chi connectivity index (χ1n) is 10.1. The van der Waals surface area contributed by atoms with Crippen LogP contribution in [0.4, 0.5) is 5.69 Å². The van der Waals surface area contributed by atoms with E-state index >= 15 is 0 Å². The maximum Gasteiger partial charge on any atom is 0.227 e. The summed E-state index contributed by atoms with van der Waals surface area (Å²) in [4.78, 5) is 26.4. The molecular weight excluding hydrogens is 360 g/mol. The van der Waals surface area contributed by atoms with Crippen LogP contribution in [0.2, 0.25) is 0 Å². The number of likely N-dealkylation sites (tertiary alicyclic amines) is 1. The Morgan fingerprint density at radius 2 is 1.79 bits per heavy atom. The van der Waals surface area contributed by atoms with Gasteiger partial charge in [-0.1, -0.05) is 36.4 Å². The molecule has 4 heterocycles. The minimum Gasteiger partial charge on any atom is -0.365 e. The summed E-state index contributed by atoms with van der Waals surface area (Å²) in [5.41, 5.74) is 4.51. The fourth-order valence-corrected chi connectivity index (χ4v) is 4.73. The SMILES string of the molecule is O=C(Cc1ccccc1)N1CC[C@]2(C1)CN(Cc1cccnc1)c1cccnc12. The Bertz CT molecular complexity index is 1010. The fourth-order valence-electron chi connectivity index (χ4n) is 4.73. The second-order valence-electron chi connectivity index (χ2n) is 8.10. The summed E-state index contributed by atoms with van der Waals surface area (Å²) in [6.45, 7) is 3.24. The topological polar surface area (TPSA) is 49.3 Å². The molecule has 1 aromatic carbocycles. The molecule has 3 aromatic rings. The molecule has 2 aliphatic rings. The lowest BCUT2D eigenvalue weighted by Gasteiger charge is -2.26. The molecule has 1 saturated heterocycles. The highest BCUT2D eigenvalue weighted by atomic mass is 16.2. The van der Waals surface area contributed by atoms with E-state index in [1.54, 1.807) is 6.20 Å². The quantitative estimate of drug-likeness (QED) is 0.693. The minimum absolute atomic E-state index is 0.0782. The van der Waals surface area contributed by atoms with Gasteiger partial charge in [0.25, 0.3) is 0 Å². The highest BCUT2D eigenvalue weighted by Crippen LogP contribution is 2.45. The Morgan fingerprint density at radius 1 is 0.966 bits per heavy atom. The van der Waals surface area contributed by atoms with Gasteiger partial charge in [-0.3, -0.25) is 14.8 Å². The van der Waals surface area contributed by atoms with Gasteiger partial charge in [-0.05, 0) is 35.7 Å². The summed E-state index contributed by atoms with van der Waals surface area (Å²) in [6, 6.07) is 18.2. The number of fused-ring (bicyclic) bond motifs is 2. The molecule has 146 valence electrons. The van der Waals surface area contributed by atoms with E-state index in [9.17, 15) is 4.79 Å². The first kappa shape index (κ1) is 17.9. The van der Waals surface area contributed by atoms with Gasteiger partial charge in [0.15, 0.2) is 0 Å². The number of nitrogens with zero attached hydrogens (tertiary/aromatic N) is 4. The van der Waals surface area contributed by atoms with Crippen molar-refractivity contribution in [2.45, 2.75) is 24.8 Å². The number of rotatable bonds is 4. The number of anilines is 1. The normalized spacial score (nSPS) is 20.3. The number of pyridine rings is 2. The van der Waals surface area contributed by atoms with E-state index < -0.39 is 0 Å². The molecule has 2 aliphatic heterocycles. The standard InChI is InChI=1S/C24H24N4O/c29-22(14-19-6-2-1-3-7-19)27-13-10-24(17-27)18-28(16-20-8-4-11-25-15-20)21-9-5-12-26-23(21)24/h1-9,11-12,15H,10,13-14,16-18H2/t24-/m0/s1. The second kappa shape index (κ2) is 7.32. The van der Waals surface area contributed by atoms with Gasteiger partial charge >= 0.3 is 0 Å². The van der Waals surface area contributed by atoms with Crippen molar-refractivity contribution in [3.8, 4) is 0 Å². The van der Waals surface area contributed by atoms with E-state index in [4.69, 9.17) is 4.98 Å². The van der Waals surface area contributed by atoms with Crippen LogP contribution in [0.1, 0.15) is 23.2 Å². The zero-order chi connectivity index (χ0) is 19.7. The minimum atomic E-state index is -0.0782. The van der Waals surface area contributed by atoms with Crippen molar-refractivity contribution in [3.05, 3.63) is 90.0 Å². The van der Waals surface area contributed by atoms with Crippen LogP contribution >= 0.6 is 0 Å². The molecule has 5 rings (SSSR count). The zero-order valence-electron chi connectivity index (χ0n) is 16.4. The third-order valence-electron chi connectivity index (χ3n) is 6.12. The molecular formula is C24H24N4O. The van der Waals surface area contributed by atoms with Gasteiger partial charge in [-0.25, -0.2) is 0 Å². The van der Waals surface area contributed by atoms with E-state index in [1.165, 1.54) is 11.3 Å². The molecule has 1 amide bonds. The van der Waals surface area contributed by atoms with Gasteiger partial charge in [0, 0.05) is 44.8 Å². The van der Waals surface area contributed by atoms with Crippen LogP contribution in [0.5, 0.6) is 0 Å². The van der Waals surface area contributed by atoms with Crippen molar-refractivity contribution in [1.82, 2.24) is 14.9 Å². The number of benzene rings is 1. The van der Waals surface area contributed by atoms with Gasteiger partial charge in [-0.15, -0.1) is 0 Å².